The number of unbranched alkanes of at least 4 members (excludes halogenated alkanes) is 4. The SMILES string of the molecule is CCCCCCC1CCC(c2ccc(C(=O)Oc3ccc(OC(=O)CCCC)cc3)cc2)CC1. The molecule has 4 heteroatoms. The molecule has 1 saturated carbocycles. The first-order valence-electron chi connectivity index (χ1n) is 13.2. The topological polar surface area (TPSA) is 52.6 Å². The van der Waals surface area contributed by atoms with Crippen LogP contribution in [0.2, 0.25) is 0 Å². The molecule has 0 heterocycles. The van der Waals surface area contributed by atoms with Crippen LogP contribution in [0.5, 0.6) is 11.5 Å². The van der Waals surface area contributed by atoms with Crippen molar-refractivity contribution in [2.24, 2.45) is 5.92 Å². The molecule has 1 fully saturated rings. The van der Waals surface area contributed by atoms with Crippen molar-refractivity contribution in [1.82, 2.24) is 0 Å². The van der Waals surface area contributed by atoms with Gasteiger partial charge in [0.25, 0.3) is 0 Å². The van der Waals surface area contributed by atoms with E-state index in [1.807, 2.05) is 19.1 Å². The molecule has 2 aromatic carbocycles. The lowest BCUT2D eigenvalue weighted by Crippen LogP contribution is -2.14. The molecule has 34 heavy (non-hydrogen) atoms. The third kappa shape index (κ3) is 8.30. The Labute approximate surface area is 205 Å². The number of benzene rings is 2. The second kappa shape index (κ2) is 13.9. The van der Waals surface area contributed by atoms with Gasteiger partial charge in [-0.3, -0.25) is 4.79 Å². The van der Waals surface area contributed by atoms with E-state index in [0.29, 0.717) is 29.4 Å². The molecular formula is C30H40O4. The molecule has 4 nitrogen and oxygen atoms in total. The summed E-state index contributed by atoms with van der Waals surface area (Å²) in [4.78, 5) is 24.3. The van der Waals surface area contributed by atoms with Crippen LogP contribution in [-0.2, 0) is 4.79 Å². The van der Waals surface area contributed by atoms with Crippen molar-refractivity contribution in [1.29, 1.82) is 0 Å². The van der Waals surface area contributed by atoms with Crippen LogP contribution in [0.25, 0.3) is 0 Å². The van der Waals surface area contributed by atoms with Gasteiger partial charge in [-0.05, 0) is 85.9 Å². The average molecular weight is 465 g/mol. The number of hydrogen-bond acceptors (Lipinski definition) is 4. The number of rotatable bonds is 12. The minimum Gasteiger partial charge on any atom is -0.427 e. The van der Waals surface area contributed by atoms with Crippen molar-refractivity contribution in [3.8, 4) is 11.5 Å². The quantitative estimate of drug-likeness (QED) is 0.180. The Bertz CT molecular complexity index is 877. The van der Waals surface area contributed by atoms with Gasteiger partial charge >= 0.3 is 11.9 Å². The fourth-order valence-corrected chi connectivity index (χ4v) is 4.78. The first-order valence-corrected chi connectivity index (χ1v) is 13.2. The maximum atomic E-state index is 12.6. The van der Waals surface area contributed by atoms with E-state index in [4.69, 9.17) is 9.47 Å². The van der Waals surface area contributed by atoms with E-state index in [1.54, 1.807) is 24.3 Å². The molecule has 0 unspecified atom stereocenters. The lowest BCUT2D eigenvalue weighted by Gasteiger charge is -2.29. The Balaban J connectivity index is 1.45. The van der Waals surface area contributed by atoms with Crippen LogP contribution in [0.15, 0.2) is 48.5 Å². The molecule has 3 rings (SSSR count). The van der Waals surface area contributed by atoms with E-state index in [-0.39, 0.29) is 11.9 Å². The van der Waals surface area contributed by atoms with Crippen molar-refractivity contribution >= 4 is 11.9 Å². The minimum absolute atomic E-state index is 0.243. The summed E-state index contributed by atoms with van der Waals surface area (Å²) in [6.07, 6.45) is 14.1. The average Bonchev–Trinajstić information content (AvgIpc) is 2.87. The van der Waals surface area contributed by atoms with Crippen LogP contribution in [0.3, 0.4) is 0 Å². The predicted octanol–water partition coefficient (Wildman–Crippen LogP) is 8.25. The predicted molar refractivity (Wildman–Crippen MR) is 136 cm³/mol. The molecule has 0 amide bonds. The summed E-state index contributed by atoms with van der Waals surface area (Å²) in [5.74, 6) is 1.76. The molecular weight excluding hydrogens is 424 g/mol. The molecule has 0 bridgehead atoms. The summed E-state index contributed by atoms with van der Waals surface area (Å²) < 4.78 is 10.8. The first-order chi connectivity index (χ1) is 16.6. The zero-order valence-electron chi connectivity index (χ0n) is 20.9. The van der Waals surface area contributed by atoms with Crippen LogP contribution in [0.4, 0.5) is 0 Å². The smallest absolute Gasteiger partial charge is 0.343 e. The Morgan fingerprint density at radius 3 is 1.97 bits per heavy atom. The monoisotopic (exact) mass is 464 g/mol. The maximum Gasteiger partial charge on any atom is 0.343 e. The molecule has 0 aromatic heterocycles. The number of esters is 2. The normalized spacial score (nSPS) is 17.8. The van der Waals surface area contributed by atoms with Gasteiger partial charge in [-0.2, -0.15) is 0 Å². The molecule has 1 aliphatic carbocycles. The molecule has 1 aliphatic rings. The van der Waals surface area contributed by atoms with Crippen molar-refractivity contribution in [2.75, 3.05) is 0 Å². The minimum atomic E-state index is -0.380. The van der Waals surface area contributed by atoms with Crippen molar-refractivity contribution in [3.05, 3.63) is 59.7 Å². The van der Waals surface area contributed by atoms with Gasteiger partial charge in [-0.25, -0.2) is 4.79 Å². The van der Waals surface area contributed by atoms with Crippen LogP contribution in [0.1, 0.15) is 113 Å². The number of hydrogen-bond donors (Lipinski definition) is 0. The fraction of sp³-hybridized carbons (Fsp3) is 0.533. The van der Waals surface area contributed by atoms with Gasteiger partial charge in [0.15, 0.2) is 0 Å². The van der Waals surface area contributed by atoms with E-state index in [0.717, 1.165) is 18.8 Å². The maximum absolute atomic E-state index is 12.6. The summed E-state index contributed by atoms with van der Waals surface area (Å²) in [5, 5.41) is 0. The zero-order valence-corrected chi connectivity index (χ0v) is 20.9. The second-order valence-electron chi connectivity index (χ2n) is 9.63. The molecule has 184 valence electrons. The van der Waals surface area contributed by atoms with Gasteiger partial charge in [0.05, 0.1) is 5.56 Å². The fourth-order valence-electron chi connectivity index (χ4n) is 4.78. The van der Waals surface area contributed by atoms with E-state index >= 15 is 0 Å². The van der Waals surface area contributed by atoms with Crippen molar-refractivity contribution in [2.45, 2.75) is 96.8 Å². The molecule has 0 saturated heterocycles. The molecule has 2 aromatic rings. The highest BCUT2D eigenvalue weighted by molar-refractivity contribution is 5.91. The summed E-state index contributed by atoms with van der Waals surface area (Å²) in [6.45, 7) is 4.30. The summed E-state index contributed by atoms with van der Waals surface area (Å²) in [6, 6.07) is 14.5. The van der Waals surface area contributed by atoms with E-state index in [9.17, 15) is 9.59 Å². The third-order valence-corrected chi connectivity index (χ3v) is 6.93. The molecule has 0 aliphatic heterocycles. The van der Waals surface area contributed by atoms with Crippen molar-refractivity contribution in [3.63, 3.8) is 0 Å². The Kier molecular flexibility index (Phi) is 10.7. The van der Waals surface area contributed by atoms with Gasteiger partial charge in [-0.15, -0.1) is 0 Å². The van der Waals surface area contributed by atoms with Crippen LogP contribution < -0.4 is 9.47 Å². The number of carbonyl (C=O) groups excluding carboxylic acids is 2. The lowest BCUT2D eigenvalue weighted by atomic mass is 9.77. The Hall–Kier alpha value is -2.62. The summed E-state index contributed by atoms with van der Waals surface area (Å²) in [7, 11) is 0. The molecule has 0 radical (unpaired) electrons. The summed E-state index contributed by atoms with van der Waals surface area (Å²) >= 11 is 0. The highest BCUT2D eigenvalue weighted by atomic mass is 16.5. The van der Waals surface area contributed by atoms with Gasteiger partial charge in [0, 0.05) is 6.42 Å². The molecule has 0 spiro atoms. The van der Waals surface area contributed by atoms with E-state index in [1.165, 1.54) is 63.4 Å². The molecule has 0 N–H and O–H groups in total. The van der Waals surface area contributed by atoms with Crippen LogP contribution >= 0.6 is 0 Å². The Morgan fingerprint density at radius 2 is 1.35 bits per heavy atom. The second-order valence-corrected chi connectivity index (χ2v) is 9.63. The third-order valence-electron chi connectivity index (χ3n) is 6.93. The molecule has 0 atom stereocenters. The number of carbonyl (C=O) groups is 2. The van der Waals surface area contributed by atoms with Crippen molar-refractivity contribution < 1.29 is 19.1 Å². The van der Waals surface area contributed by atoms with Crippen LogP contribution in [0, 0.1) is 5.92 Å². The van der Waals surface area contributed by atoms with Gasteiger partial charge in [0.1, 0.15) is 11.5 Å². The largest absolute Gasteiger partial charge is 0.427 e. The van der Waals surface area contributed by atoms with E-state index < -0.39 is 0 Å². The standard InChI is InChI=1S/C30H40O4/c1-3-5-7-8-9-23-11-13-24(14-12-23)25-15-17-26(18-16-25)30(32)34-28-21-19-27(20-22-28)33-29(31)10-6-4-2/h15-24H,3-14H2,1-2H3. The van der Waals surface area contributed by atoms with Gasteiger partial charge in [-0.1, -0.05) is 64.5 Å². The summed E-state index contributed by atoms with van der Waals surface area (Å²) in [5.41, 5.74) is 1.87. The zero-order chi connectivity index (χ0) is 24.2. The van der Waals surface area contributed by atoms with Crippen LogP contribution in [-0.4, -0.2) is 11.9 Å². The lowest BCUT2D eigenvalue weighted by molar-refractivity contribution is -0.134. The number of ether oxygens (including phenoxy) is 2. The van der Waals surface area contributed by atoms with Gasteiger partial charge in [0.2, 0.25) is 0 Å². The van der Waals surface area contributed by atoms with E-state index in [2.05, 4.69) is 19.1 Å². The Morgan fingerprint density at radius 1 is 0.735 bits per heavy atom. The highest BCUT2D eigenvalue weighted by Gasteiger charge is 2.22. The highest BCUT2D eigenvalue weighted by Crippen LogP contribution is 2.37. The van der Waals surface area contributed by atoms with Gasteiger partial charge < -0.3 is 9.47 Å². The first kappa shape index (κ1) is 26.0.